The zero-order chi connectivity index (χ0) is 9.03. The number of carbonyl (C=O) groups is 1. The van der Waals surface area contributed by atoms with Gasteiger partial charge in [-0.2, -0.15) is 0 Å². The normalized spacial score (nSPS) is 31.6. The molecule has 1 rings (SSSR count). The zero-order valence-electron chi connectivity index (χ0n) is 8.01. The lowest BCUT2D eigenvalue weighted by Crippen LogP contribution is -2.29. The van der Waals surface area contributed by atoms with Gasteiger partial charge >= 0.3 is 0 Å². The Bertz CT molecular complexity index is 144. The summed E-state index contributed by atoms with van der Waals surface area (Å²) in [4.78, 5) is 11.0. The van der Waals surface area contributed by atoms with Crippen LogP contribution in [-0.4, -0.2) is 19.5 Å². The highest BCUT2D eigenvalue weighted by Gasteiger charge is 2.33. The highest BCUT2D eigenvalue weighted by atomic mass is 16.5. The molecule has 1 atom stereocenters. The van der Waals surface area contributed by atoms with Gasteiger partial charge in [-0.1, -0.05) is 13.8 Å². The molecule has 1 unspecified atom stereocenters. The maximum Gasteiger partial charge on any atom is 0.126 e. The zero-order valence-corrected chi connectivity index (χ0v) is 8.01. The van der Waals surface area contributed by atoms with Crippen LogP contribution in [0.15, 0.2) is 0 Å². The molecular formula is C10H18O2. The minimum atomic E-state index is -0.101. The summed E-state index contributed by atoms with van der Waals surface area (Å²) < 4.78 is 5.34. The maximum atomic E-state index is 11.0. The summed E-state index contributed by atoms with van der Waals surface area (Å²) in [5, 5.41) is 0. The average Bonchev–Trinajstić information content (AvgIpc) is 2.29. The first-order valence-electron chi connectivity index (χ1n) is 4.75. The van der Waals surface area contributed by atoms with Gasteiger partial charge in [0.1, 0.15) is 6.29 Å². The van der Waals surface area contributed by atoms with Crippen molar-refractivity contribution in [1.82, 2.24) is 0 Å². The molecule has 1 aliphatic rings. The van der Waals surface area contributed by atoms with Crippen LogP contribution in [0.4, 0.5) is 0 Å². The minimum Gasteiger partial charge on any atom is -0.381 e. The molecule has 1 heterocycles. The van der Waals surface area contributed by atoms with E-state index in [1.54, 1.807) is 0 Å². The van der Waals surface area contributed by atoms with Crippen molar-refractivity contribution in [2.24, 2.45) is 11.3 Å². The number of hydrogen-bond acceptors (Lipinski definition) is 2. The Balaban J connectivity index is 2.67. The first-order chi connectivity index (χ1) is 5.71. The number of hydrogen-bond donors (Lipinski definition) is 0. The van der Waals surface area contributed by atoms with Gasteiger partial charge in [0.2, 0.25) is 0 Å². The van der Waals surface area contributed by atoms with E-state index in [4.69, 9.17) is 4.74 Å². The first-order valence-corrected chi connectivity index (χ1v) is 4.75. The van der Waals surface area contributed by atoms with E-state index in [-0.39, 0.29) is 5.41 Å². The molecule has 0 aromatic rings. The second-order valence-electron chi connectivity index (χ2n) is 3.97. The summed E-state index contributed by atoms with van der Waals surface area (Å²) in [6.07, 6.45) is 4.06. The Morgan fingerprint density at radius 3 is 2.67 bits per heavy atom. The van der Waals surface area contributed by atoms with E-state index in [1.807, 2.05) is 0 Å². The first kappa shape index (κ1) is 9.72. The van der Waals surface area contributed by atoms with E-state index in [2.05, 4.69) is 13.8 Å². The molecule has 0 N–H and O–H groups in total. The monoisotopic (exact) mass is 170 g/mol. The lowest BCUT2D eigenvalue weighted by atomic mass is 9.73. The van der Waals surface area contributed by atoms with Crippen molar-refractivity contribution in [3.63, 3.8) is 0 Å². The summed E-state index contributed by atoms with van der Waals surface area (Å²) in [6.45, 7) is 5.82. The van der Waals surface area contributed by atoms with Crippen LogP contribution in [0.25, 0.3) is 0 Å². The van der Waals surface area contributed by atoms with Crippen LogP contribution in [0.1, 0.15) is 33.1 Å². The van der Waals surface area contributed by atoms with Crippen molar-refractivity contribution in [1.29, 1.82) is 0 Å². The molecule has 0 aromatic carbocycles. The predicted molar refractivity (Wildman–Crippen MR) is 48.0 cm³/mol. The molecule has 70 valence electrons. The van der Waals surface area contributed by atoms with E-state index >= 15 is 0 Å². The van der Waals surface area contributed by atoms with Crippen LogP contribution in [-0.2, 0) is 9.53 Å². The Morgan fingerprint density at radius 1 is 1.33 bits per heavy atom. The van der Waals surface area contributed by atoms with Crippen LogP contribution in [0.5, 0.6) is 0 Å². The quantitative estimate of drug-likeness (QED) is 0.593. The summed E-state index contributed by atoms with van der Waals surface area (Å²) in [7, 11) is 0. The van der Waals surface area contributed by atoms with Crippen molar-refractivity contribution in [2.75, 3.05) is 13.2 Å². The van der Waals surface area contributed by atoms with Gasteiger partial charge in [-0.3, -0.25) is 0 Å². The molecule has 0 aliphatic carbocycles. The van der Waals surface area contributed by atoms with E-state index in [9.17, 15) is 4.79 Å². The molecular weight excluding hydrogens is 152 g/mol. The summed E-state index contributed by atoms with van der Waals surface area (Å²) in [5.41, 5.74) is -0.101. The van der Waals surface area contributed by atoms with Gasteiger partial charge in [0.25, 0.3) is 0 Å². The van der Waals surface area contributed by atoms with Gasteiger partial charge in [0.15, 0.2) is 0 Å². The Labute approximate surface area is 74.3 Å². The third kappa shape index (κ3) is 1.86. The fraction of sp³-hybridized carbons (Fsp3) is 0.900. The second kappa shape index (κ2) is 4.04. The Kier molecular flexibility index (Phi) is 3.27. The highest BCUT2D eigenvalue weighted by molar-refractivity contribution is 5.59. The average molecular weight is 170 g/mol. The highest BCUT2D eigenvalue weighted by Crippen LogP contribution is 2.35. The molecule has 0 saturated carbocycles. The third-order valence-electron chi connectivity index (χ3n) is 3.03. The van der Waals surface area contributed by atoms with Crippen molar-refractivity contribution in [3.05, 3.63) is 0 Å². The topological polar surface area (TPSA) is 26.3 Å². The smallest absolute Gasteiger partial charge is 0.126 e. The minimum absolute atomic E-state index is 0.101. The summed E-state index contributed by atoms with van der Waals surface area (Å²) in [6, 6.07) is 0. The van der Waals surface area contributed by atoms with E-state index in [0.29, 0.717) is 5.92 Å². The molecule has 2 nitrogen and oxygen atoms in total. The molecule has 1 fully saturated rings. The molecule has 1 saturated heterocycles. The van der Waals surface area contributed by atoms with E-state index in [1.165, 1.54) is 0 Å². The largest absolute Gasteiger partial charge is 0.381 e. The molecule has 1 aliphatic heterocycles. The lowest BCUT2D eigenvalue weighted by molar-refractivity contribution is -0.119. The molecule has 0 radical (unpaired) electrons. The van der Waals surface area contributed by atoms with Crippen LogP contribution >= 0.6 is 0 Å². The van der Waals surface area contributed by atoms with Gasteiger partial charge < -0.3 is 9.53 Å². The third-order valence-corrected chi connectivity index (χ3v) is 3.03. The molecule has 0 amide bonds. The number of aldehydes is 1. The summed E-state index contributed by atoms with van der Waals surface area (Å²) in [5.74, 6) is 0.441. The predicted octanol–water partition coefficient (Wildman–Crippen LogP) is 2.03. The standard InChI is InChI=1S/C10H18O2/c1-9(2)10(8-11)4-3-6-12-7-5-10/h8-9H,3-7H2,1-2H3. The van der Waals surface area contributed by atoms with Crippen molar-refractivity contribution < 1.29 is 9.53 Å². The number of rotatable bonds is 2. The number of ether oxygens (including phenoxy) is 1. The van der Waals surface area contributed by atoms with Gasteiger partial charge in [-0.05, 0) is 25.2 Å². The summed E-state index contributed by atoms with van der Waals surface area (Å²) >= 11 is 0. The molecule has 2 heteroatoms. The van der Waals surface area contributed by atoms with Gasteiger partial charge in [-0.25, -0.2) is 0 Å². The molecule has 0 bridgehead atoms. The van der Waals surface area contributed by atoms with Gasteiger partial charge in [-0.15, -0.1) is 0 Å². The molecule has 0 aromatic heterocycles. The van der Waals surface area contributed by atoms with Gasteiger partial charge in [0, 0.05) is 18.6 Å². The van der Waals surface area contributed by atoms with Crippen molar-refractivity contribution in [2.45, 2.75) is 33.1 Å². The number of carbonyl (C=O) groups excluding carboxylic acids is 1. The Morgan fingerprint density at radius 2 is 2.08 bits per heavy atom. The van der Waals surface area contributed by atoms with Crippen molar-refractivity contribution >= 4 is 6.29 Å². The fourth-order valence-electron chi connectivity index (χ4n) is 1.82. The van der Waals surface area contributed by atoms with Crippen molar-refractivity contribution in [3.8, 4) is 0 Å². The maximum absolute atomic E-state index is 11.0. The Hall–Kier alpha value is -0.370. The van der Waals surface area contributed by atoms with Gasteiger partial charge in [0.05, 0.1) is 0 Å². The lowest BCUT2D eigenvalue weighted by Gasteiger charge is -2.29. The van der Waals surface area contributed by atoms with E-state index in [0.717, 1.165) is 38.8 Å². The fourth-order valence-corrected chi connectivity index (χ4v) is 1.82. The molecule has 0 spiro atoms. The second-order valence-corrected chi connectivity index (χ2v) is 3.97. The van der Waals surface area contributed by atoms with Crippen LogP contribution in [0, 0.1) is 11.3 Å². The molecule has 12 heavy (non-hydrogen) atoms. The van der Waals surface area contributed by atoms with Crippen LogP contribution < -0.4 is 0 Å². The van der Waals surface area contributed by atoms with E-state index < -0.39 is 0 Å². The van der Waals surface area contributed by atoms with Crippen LogP contribution in [0.2, 0.25) is 0 Å². The van der Waals surface area contributed by atoms with Crippen LogP contribution in [0.3, 0.4) is 0 Å². The SMILES string of the molecule is CC(C)C1(C=O)CCCOCC1.